The Labute approximate surface area is 86.5 Å². The quantitative estimate of drug-likeness (QED) is 0.782. The molecule has 8 heteroatoms. The lowest BCUT2D eigenvalue weighted by Gasteiger charge is -2.11. The number of ether oxygens (including phenoxy) is 1. The number of rotatable bonds is 3. The molecule has 1 aromatic rings. The highest BCUT2D eigenvalue weighted by atomic mass is 19.4. The molecule has 1 heterocycles. The zero-order valence-electron chi connectivity index (χ0n) is 7.77. The second-order valence-electron chi connectivity index (χ2n) is 2.81. The number of aromatic amines is 1. The van der Waals surface area contributed by atoms with Crippen molar-refractivity contribution in [3.05, 3.63) is 27.7 Å². The average Bonchev–Trinajstić information content (AvgIpc) is 2.19. The van der Waals surface area contributed by atoms with Gasteiger partial charge in [-0.3, -0.25) is 4.79 Å². The first kappa shape index (κ1) is 12.5. The lowest BCUT2D eigenvalue weighted by atomic mass is 10.3. The number of aromatic nitrogens is 1. The molecular formula is C8H7F4NO3. The van der Waals surface area contributed by atoms with E-state index in [1.165, 1.54) is 0 Å². The highest BCUT2D eigenvalue weighted by Crippen LogP contribution is 2.22. The zero-order chi connectivity index (χ0) is 12.3. The summed E-state index contributed by atoms with van der Waals surface area (Å²) in [5, 5.41) is 8.72. The molecule has 0 aromatic carbocycles. The molecule has 0 spiro atoms. The molecule has 0 unspecified atom stereocenters. The van der Waals surface area contributed by atoms with E-state index >= 15 is 0 Å². The van der Waals surface area contributed by atoms with Crippen LogP contribution in [0.2, 0.25) is 0 Å². The van der Waals surface area contributed by atoms with E-state index in [1.807, 2.05) is 0 Å². The van der Waals surface area contributed by atoms with Crippen LogP contribution in [0.25, 0.3) is 0 Å². The highest BCUT2D eigenvalue weighted by molar-refractivity contribution is 5.29. The van der Waals surface area contributed by atoms with E-state index in [0.29, 0.717) is 6.07 Å². The number of nitrogens with one attached hydrogen (secondary N) is 1. The van der Waals surface area contributed by atoms with Gasteiger partial charge in [0.05, 0.1) is 18.0 Å². The van der Waals surface area contributed by atoms with E-state index in [9.17, 15) is 22.4 Å². The fourth-order valence-electron chi connectivity index (χ4n) is 1.07. The number of H-pyrrole nitrogens is 1. The molecule has 0 bridgehead atoms. The van der Waals surface area contributed by atoms with Crippen molar-refractivity contribution < 1.29 is 27.4 Å². The van der Waals surface area contributed by atoms with Gasteiger partial charge >= 0.3 is 6.36 Å². The summed E-state index contributed by atoms with van der Waals surface area (Å²) in [5.74, 6) is -1.08. The van der Waals surface area contributed by atoms with Crippen LogP contribution >= 0.6 is 0 Å². The van der Waals surface area contributed by atoms with Crippen LogP contribution in [0.3, 0.4) is 0 Å². The van der Waals surface area contributed by atoms with Gasteiger partial charge in [0.25, 0.3) is 0 Å². The van der Waals surface area contributed by atoms with E-state index in [2.05, 4.69) is 9.72 Å². The van der Waals surface area contributed by atoms with Crippen LogP contribution in [-0.4, -0.2) is 16.5 Å². The van der Waals surface area contributed by atoms with Crippen LogP contribution in [0.4, 0.5) is 17.6 Å². The Morgan fingerprint density at radius 1 is 1.44 bits per heavy atom. The lowest BCUT2D eigenvalue weighted by molar-refractivity contribution is -0.275. The Kier molecular flexibility index (Phi) is 3.53. The van der Waals surface area contributed by atoms with E-state index in [0.717, 1.165) is 0 Å². The molecule has 1 rings (SSSR count). The van der Waals surface area contributed by atoms with Crippen LogP contribution in [0.5, 0.6) is 5.75 Å². The largest absolute Gasteiger partial charge is 0.573 e. The maximum atomic E-state index is 12.2. The summed E-state index contributed by atoms with van der Waals surface area (Å²) in [7, 11) is 0. The maximum absolute atomic E-state index is 12.2. The molecule has 0 saturated heterocycles. The molecule has 2 N–H and O–H groups in total. The van der Waals surface area contributed by atoms with Crippen LogP contribution in [0.15, 0.2) is 10.9 Å². The zero-order valence-corrected chi connectivity index (χ0v) is 7.77. The van der Waals surface area contributed by atoms with Crippen LogP contribution in [0, 0.1) is 0 Å². The van der Waals surface area contributed by atoms with E-state index in [-0.39, 0.29) is 5.69 Å². The molecule has 0 atom stereocenters. The average molecular weight is 241 g/mol. The van der Waals surface area contributed by atoms with Crippen molar-refractivity contribution in [2.45, 2.75) is 19.6 Å². The third kappa shape index (κ3) is 2.96. The van der Waals surface area contributed by atoms with Crippen molar-refractivity contribution in [3.8, 4) is 5.75 Å². The first-order valence-corrected chi connectivity index (χ1v) is 4.05. The summed E-state index contributed by atoms with van der Waals surface area (Å²) in [6.07, 6.45) is -5.05. The minimum Gasteiger partial charge on any atom is -0.400 e. The third-order valence-corrected chi connectivity index (χ3v) is 1.63. The fraction of sp³-hybridized carbons (Fsp3) is 0.375. The first-order valence-electron chi connectivity index (χ1n) is 4.05. The van der Waals surface area contributed by atoms with Crippen LogP contribution in [-0.2, 0) is 13.3 Å². The van der Waals surface area contributed by atoms with Crippen molar-refractivity contribution in [2.75, 3.05) is 0 Å². The standard InChI is InChI=1S/C8H7F4NO3/c9-2-4-1-6(15)7(5(3-14)13-4)16-8(10,11)12/h1,14H,2-3H2,(H,13,15). The van der Waals surface area contributed by atoms with Gasteiger partial charge in [-0.1, -0.05) is 0 Å². The van der Waals surface area contributed by atoms with Gasteiger partial charge < -0.3 is 14.8 Å². The summed E-state index contributed by atoms with van der Waals surface area (Å²) in [6.45, 7) is -1.96. The van der Waals surface area contributed by atoms with Crippen LogP contribution < -0.4 is 10.2 Å². The van der Waals surface area contributed by atoms with Gasteiger partial charge in [-0.15, -0.1) is 13.2 Å². The van der Waals surface area contributed by atoms with Gasteiger partial charge in [0.15, 0.2) is 5.75 Å². The lowest BCUT2D eigenvalue weighted by Crippen LogP contribution is -2.24. The number of aliphatic hydroxyl groups is 1. The van der Waals surface area contributed by atoms with Crippen LogP contribution in [0.1, 0.15) is 11.4 Å². The number of aliphatic hydroxyl groups excluding tert-OH is 1. The molecule has 1 aromatic heterocycles. The van der Waals surface area contributed by atoms with Gasteiger partial charge in [0.1, 0.15) is 6.67 Å². The summed E-state index contributed by atoms with van der Waals surface area (Å²) >= 11 is 0. The summed E-state index contributed by atoms with van der Waals surface area (Å²) < 4.78 is 51.3. The molecule has 0 aliphatic heterocycles. The molecule has 0 radical (unpaired) electrons. The van der Waals surface area contributed by atoms with E-state index < -0.39 is 36.5 Å². The van der Waals surface area contributed by atoms with Gasteiger partial charge in [-0.2, -0.15) is 0 Å². The Morgan fingerprint density at radius 2 is 2.06 bits per heavy atom. The second kappa shape index (κ2) is 4.52. The first-order chi connectivity index (χ1) is 7.37. The maximum Gasteiger partial charge on any atom is 0.573 e. The Bertz CT molecular complexity index is 426. The molecular weight excluding hydrogens is 234 g/mol. The normalized spacial score (nSPS) is 11.6. The van der Waals surface area contributed by atoms with Crippen molar-refractivity contribution >= 4 is 0 Å². The number of hydrogen-bond acceptors (Lipinski definition) is 3. The molecule has 0 fully saturated rings. The monoisotopic (exact) mass is 241 g/mol. The predicted octanol–water partition coefficient (Wildman–Crippen LogP) is 1.24. The topological polar surface area (TPSA) is 62.3 Å². The molecule has 4 nitrogen and oxygen atoms in total. The SMILES string of the molecule is O=c1cc(CF)[nH]c(CO)c1OC(F)(F)F. The third-order valence-electron chi connectivity index (χ3n) is 1.63. The minimum absolute atomic E-state index is 0.233. The molecule has 0 saturated carbocycles. The molecule has 0 amide bonds. The Hall–Kier alpha value is -1.57. The Morgan fingerprint density at radius 3 is 2.50 bits per heavy atom. The van der Waals surface area contributed by atoms with Crippen molar-refractivity contribution in [1.82, 2.24) is 4.98 Å². The highest BCUT2D eigenvalue weighted by Gasteiger charge is 2.33. The molecule has 0 aliphatic carbocycles. The second-order valence-corrected chi connectivity index (χ2v) is 2.81. The summed E-state index contributed by atoms with van der Waals surface area (Å²) in [6, 6.07) is 0.639. The predicted molar refractivity (Wildman–Crippen MR) is 44.5 cm³/mol. The van der Waals surface area contributed by atoms with E-state index in [1.54, 1.807) is 0 Å². The van der Waals surface area contributed by atoms with Gasteiger partial charge in [-0.05, 0) is 0 Å². The number of pyridine rings is 1. The van der Waals surface area contributed by atoms with Crippen molar-refractivity contribution in [1.29, 1.82) is 0 Å². The summed E-state index contributed by atoms with van der Waals surface area (Å²) in [5.41, 5.74) is -1.89. The van der Waals surface area contributed by atoms with Gasteiger partial charge in [0, 0.05) is 6.07 Å². The molecule has 90 valence electrons. The number of halogens is 4. The smallest absolute Gasteiger partial charge is 0.400 e. The minimum atomic E-state index is -5.05. The van der Waals surface area contributed by atoms with Crippen molar-refractivity contribution in [3.63, 3.8) is 0 Å². The van der Waals surface area contributed by atoms with Crippen molar-refractivity contribution in [2.24, 2.45) is 0 Å². The fourth-order valence-corrected chi connectivity index (χ4v) is 1.07. The number of hydrogen-bond donors (Lipinski definition) is 2. The molecule has 16 heavy (non-hydrogen) atoms. The number of alkyl halides is 4. The summed E-state index contributed by atoms with van der Waals surface area (Å²) in [4.78, 5) is 13.3. The van der Waals surface area contributed by atoms with E-state index in [4.69, 9.17) is 5.11 Å². The molecule has 0 aliphatic rings. The Balaban J connectivity index is 3.22. The van der Waals surface area contributed by atoms with Gasteiger partial charge in [-0.25, -0.2) is 4.39 Å². The van der Waals surface area contributed by atoms with Gasteiger partial charge in [0.2, 0.25) is 5.43 Å².